The Hall–Kier alpha value is -0.550. The van der Waals surface area contributed by atoms with Gasteiger partial charge in [0.15, 0.2) is 0 Å². The zero-order valence-electron chi connectivity index (χ0n) is 8.77. The molecule has 2 heteroatoms. The average molecular weight is 180 g/mol. The van der Waals surface area contributed by atoms with Gasteiger partial charge in [0.05, 0.1) is 6.07 Å². The number of nitrogens with zero attached hydrogens (tertiary/aromatic N) is 1. The molecule has 0 radical (unpaired) electrons. The fourth-order valence-electron chi connectivity index (χ4n) is 1.91. The van der Waals surface area contributed by atoms with Crippen LogP contribution in [-0.2, 0) is 0 Å². The van der Waals surface area contributed by atoms with Crippen molar-refractivity contribution in [1.82, 2.24) is 5.32 Å². The Morgan fingerprint density at radius 2 is 2.00 bits per heavy atom. The molecule has 2 nitrogen and oxygen atoms in total. The number of hydrogen-bond donors (Lipinski definition) is 1. The molecule has 0 aromatic carbocycles. The van der Waals surface area contributed by atoms with Crippen LogP contribution in [0.25, 0.3) is 0 Å². The second kappa shape index (κ2) is 4.62. The lowest BCUT2D eigenvalue weighted by atomic mass is 9.91. The Morgan fingerprint density at radius 3 is 2.46 bits per heavy atom. The molecular weight excluding hydrogens is 160 g/mol. The molecule has 1 atom stereocenters. The molecule has 1 saturated carbocycles. The lowest BCUT2D eigenvalue weighted by Gasteiger charge is -2.31. The molecule has 74 valence electrons. The van der Waals surface area contributed by atoms with Crippen LogP contribution in [0.3, 0.4) is 0 Å². The molecule has 0 amide bonds. The van der Waals surface area contributed by atoms with E-state index < -0.39 is 0 Å². The maximum absolute atomic E-state index is 9.00. The third-order valence-electron chi connectivity index (χ3n) is 3.08. The van der Waals surface area contributed by atoms with E-state index >= 15 is 0 Å². The van der Waals surface area contributed by atoms with Gasteiger partial charge in [-0.1, -0.05) is 26.2 Å². The Morgan fingerprint density at radius 1 is 1.38 bits per heavy atom. The first-order valence-electron chi connectivity index (χ1n) is 5.39. The smallest absolute Gasteiger partial charge is 0.103 e. The largest absolute Gasteiger partial charge is 0.297 e. The van der Waals surface area contributed by atoms with Gasteiger partial charge in [-0.15, -0.1) is 0 Å². The lowest BCUT2D eigenvalue weighted by Crippen LogP contribution is -2.47. The van der Waals surface area contributed by atoms with E-state index in [4.69, 9.17) is 5.26 Å². The summed E-state index contributed by atoms with van der Waals surface area (Å²) in [6.07, 6.45) is 7.40. The van der Waals surface area contributed by atoms with E-state index in [0.29, 0.717) is 6.04 Å². The standard InChI is InChI=1S/C11H20N2/c1-3-11(2,9-12)13-10-7-5-4-6-8-10/h10,13H,3-8H2,1-2H3. The molecule has 1 fully saturated rings. The van der Waals surface area contributed by atoms with Crippen LogP contribution in [0.15, 0.2) is 0 Å². The first-order chi connectivity index (χ1) is 6.20. The molecule has 1 N–H and O–H groups in total. The van der Waals surface area contributed by atoms with E-state index in [9.17, 15) is 0 Å². The zero-order chi connectivity index (χ0) is 9.73. The van der Waals surface area contributed by atoms with Crippen molar-refractivity contribution < 1.29 is 0 Å². The highest BCUT2D eigenvalue weighted by Gasteiger charge is 2.25. The molecule has 1 aliphatic carbocycles. The van der Waals surface area contributed by atoms with Gasteiger partial charge in [0.1, 0.15) is 5.54 Å². The average Bonchev–Trinajstić information content (AvgIpc) is 2.19. The molecule has 0 bridgehead atoms. The van der Waals surface area contributed by atoms with Crippen LogP contribution in [0.5, 0.6) is 0 Å². The van der Waals surface area contributed by atoms with Gasteiger partial charge in [0, 0.05) is 6.04 Å². The normalized spacial score (nSPS) is 23.5. The maximum atomic E-state index is 9.00. The van der Waals surface area contributed by atoms with Crippen molar-refractivity contribution in [3.8, 4) is 6.07 Å². The first-order valence-corrected chi connectivity index (χ1v) is 5.39. The highest BCUT2D eigenvalue weighted by Crippen LogP contribution is 2.20. The molecule has 0 aromatic rings. The van der Waals surface area contributed by atoms with Crippen LogP contribution in [0.2, 0.25) is 0 Å². The number of nitrogens with one attached hydrogen (secondary N) is 1. The Labute approximate surface area is 81.3 Å². The minimum atomic E-state index is -0.304. The Kier molecular flexibility index (Phi) is 3.74. The fraction of sp³-hybridized carbons (Fsp3) is 0.909. The fourth-order valence-corrected chi connectivity index (χ4v) is 1.91. The van der Waals surface area contributed by atoms with E-state index in [1.165, 1.54) is 32.1 Å². The van der Waals surface area contributed by atoms with Crippen molar-refractivity contribution in [2.45, 2.75) is 64.0 Å². The summed E-state index contributed by atoms with van der Waals surface area (Å²) < 4.78 is 0. The van der Waals surface area contributed by atoms with Crippen molar-refractivity contribution >= 4 is 0 Å². The van der Waals surface area contributed by atoms with Gasteiger partial charge in [-0.25, -0.2) is 0 Å². The van der Waals surface area contributed by atoms with Crippen LogP contribution in [0.1, 0.15) is 52.4 Å². The zero-order valence-corrected chi connectivity index (χ0v) is 8.77. The summed E-state index contributed by atoms with van der Waals surface area (Å²) in [5.74, 6) is 0. The van der Waals surface area contributed by atoms with E-state index in [0.717, 1.165) is 6.42 Å². The number of nitriles is 1. The monoisotopic (exact) mass is 180 g/mol. The molecule has 0 spiro atoms. The van der Waals surface area contributed by atoms with Crippen LogP contribution in [0, 0.1) is 11.3 Å². The number of hydrogen-bond acceptors (Lipinski definition) is 2. The Balaban J connectivity index is 2.41. The summed E-state index contributed by atoms with van der Waals surface area (Å²) in [6, 6.07) is 2.95. The van der Waals surface area contributed by atoms with Crippen LogP contribution >= 0.6 is 0 Å². The summed E-state index contributed by atoms with van der Waals surface area (Å²) in [6.45, 7) is 4.07. The number of rotatable bonds is 3. The predicted molar refractivity (Wildman–Crippen MR) is 54.3 cm³/mol. The molecule has 0 heterocycles. The first kappa shape index (κ1) is 10.5. The summed E-state index contributed by atoms with van der Waals surface area (Å²) in [4.78, 5) is 0. The maximum Gasteiger partial charge on any atom is 0.103 e. The predicted octanol–water partition coefficient (Wildman–Crippen LogP) is 2.60. The van der Waals surface area contributed by atoms with Gasteiger partial charge in [-0.05, 0) is 26.2 Å². The van der Waals surface area contributed by atoms with Gasteiger partial charge in [0.2, 0.25) is 0 Å². The van der Waals surface area contributed by atoms with Gasteiger partial charge in [-0.3, -0.25) is 5.32 Å². The second-order valence-corrected chi connectivity index (χ2v) is 4.28. The molecular formula is C11H20N2. The molecule has 0 aromatic heterocycles. The molecule has 0 saturated heterocycles. The van der Waals surface area contributed by atoms with Crippen LogP contribution in [-0.4, -0.2) is 11.6 Å². The molecule has 0 aliphatic heterocycles. The quantitative estimate of drug-likeness (QED) is 0.724. The van der Waals surface area contributed by atoms with Crippen molar-refractivity contribution in [2.24, 2.45) is 0 Å². The van der Waals surface area contributed by atoms with E-state index in [1.807, 2.05) is 6.92 Å². The van der Waals surface area contributed by atoms with Gasteiger partial charge in [-0.2, -0.15) is 5.26 Å². The van der Waals surface area contributed by atoms with Crippen LogP contribution < -0.4 is 5.32 Å². The second-order valence-electron chi connectivity index (χ2n) is 4.28. The molecule has 1 aliphatic rings. The van der Waals surface area contributed by atoms with E-state index in [-0.39, 0.29) is 5.54 Å². The van der Waals surface area contributed by atoms with Crippen LogP contribution in [0.4, 0.5) is 0 Å². The van der Waals surface area contributed by atoms with Crippen molar-refractivity contribution in [3.05, 3.63) is 0 Å². The van der Waals surface area contributed by atoms with Gasteiger partial charge < -0.3 is 0 Å². The minimum Gasteiger partial charge on any atom is -0.297 e. The summed E-state index contributed by atoms with van der Waals surface area (Å²) in [5.41, 5.74) is -0.304. The van der Waals surface area contributed by atoms with Gasteiger partial charge >= 0.3 is 0 Å². The Bertz CT molecular complexity index is 189. The highest BCUT2D eigenvalue weighted by atomic mass is 15.0. The van der Waals surface area contributed by atoms with Crippen molar-refractivity contribution in [1.29, 1.82) is 5.26 Å². The molecule has 1 rings (SSSR count). The van der Waals surface area contributed by atoms with Crippen molar-refractivity contribution in [3.63, 3.8) is 0 Å². The summed E-state index contributed by atoms with van der Waals surface area (Å²) in [5, 5.41) is 12.5. The summed E-state index contributed by atoms with van der Waals surface area (Å²) >= 11 is 0. The van der Waals surface area contributed by atoms with Gasteiger partial charge in [0.25, 0.3) is 0 Å². The van der Waals surface area contributed by atoms with E-state index in [1.54, 1.807) is 0 Å². The topological polar surface area (TPSA) is 35.8 Å². The van der Waals surface area contributed by atoms with E-state index in [2.05, 4.69) is 18.3 Å². The lowest BCUT2D eigenvalue weighted by molar-refractivity contribution is 0.302. The highest BCUT2D eigenvalue weighted by molar-refractivity contribution is 5.04. The molecule has 13 heavy (non-hydrogen) atoms. The third kappa shape index (κ3) is 3.00. The third-order valence-corrected chi connectivity index (χ3v) is 3.08. The summed E-state index contributed by atoms with van der Waals surface area (Å²) in [7, 11) is 0. The SMILES string of the molecule is CCC(C)(C#N)NC1CCCCC1. The molecule has 1 unspecified atom stereocenters. The minimum absolute atomic E-state index is 0.304. The van der Waals surface area contributed by atoms with Crippen molar-refractivity contribution in [2.75, 3.05) is 0 Å².